The Hall–Kier alpha value is -0.180. The van der Waals surface area contributed by atoms with Crippen LogP contribution in [0, 0.1) is 17.8 Å². The third-order valence-corrected chi connectivity index (χ3v) is 7.22. The van der Waals surface area contributed by atoms with Crippen molar-refractivity contribution in [3.05, 3.63) is 0 Å². The molecule has 1 N–H and O–H groups in total. The van der Waals surface area contributed by atoms with Gasteiger partial charge >= 0.3 is 0 Å². The lowest BCUT2D eigenvalue weighted by Crippen LogP contribution is -2.45. The van der Waals surface area contributed by atoms with E-state index in [2.05, 4.69) is 5.32 Å². The fraction of sp³-hybridized carbons (Fsp3) is 0.938. The van der Waals surface area contributed by atoms with Crippen LogP contribution in [0.3, 0.4) is 0 Å². The average molecular weight is 278 g/mol. The molecule has 19 heavy (non-hydrogen) atoms. The minimum atomic E-state index is 0.427. The van der Waals surface area contributed by atoms with Crippen LogP contribution in [-0.4, -0.2) is 23.0 Å². The van der Waals surface area contributed by atoms with Gasteiger partial charge in [0.25, 0.3) is 0 Å². The van der Waals surface area contributed by atoms with Crippen molar-refractivity contribution in [1.82, 2.24) is 5.32 Å². The van der Waals surface area contributed by atoms with Crippen LogP contribution < -0.4 is 5.32 Å². The summed E-state index contributed by atoms with van der Waals surface area (Å²) in [5.41, 5.74) is 0.427. The average Bonchev–Trinajstić information content (AvgIpc) is 3.13. The van der Waals surface area contributed by atoms with Crippen LogP contribution in [-0.2, 0) is 0 Å². The number of thioether (sulfide) groups is 1. The maximum atomic E-state index is 4.94. The first-order chi connectivity index (χ1) is 9.33. The molecular formula is C16H26N2S. The Morgan fingerprint density at radius 1 is 1.16 bits per heavy atom. The summed E-state index contributed by atoms with van der Waals surface area (Å²) in [5, 5.41) is 5.06. The zero-order chi connectivity index (χ0) is 12.7. The second-order valence-corrected chi connectivity index (χ2v) is 8.30. The minimum absolute atomic E-state index is 0.427. The van der Waals surface area contributed by atoms with E-state index in [1.165, 1.54) is 68.7 Å². The van der Waals surface area contributed by atoms with E-state index in [0.29, 0.717) is 5.54 Å². The van der Waals surface area contributed by atoms with Crippen LogP contribution in [0.15, 0.2) is 4.99 Å². The molecule has 2 bridgehead atoms. The van der Waals surface area contributed by atoms with Gasteiger partial charge in [0, 0.05) is 17.8 Å². The predicted octanol–water partition coefficient (Wildman–Crippen LogP) is 3.82. The first kappa shape index (κ1) is 12.6. The SMILES string of the molecule is C1CCC2(CC1)CSC(=NCC1CC3CCC1C3)N2. The Bertz CT molecular complexity index is 373. The fourth-order valence-electron chi connectivity index (χ4n) is 4.89. The van der Waals surface area contributed by atoms with Gasteiger partial charge in [-0.1, -0.05) is 37.4 Å². The molecule has 3 aliphatic carbocycles. The molecule has 3 saturated carbocycles. The number of hydrogen-bond donors (Lipinski definition) is 1. The Kier molecular flexibility index (Phi) is 3.29. The first-order valence-electron chi connectivity index (χ1n) is 8.28. The minimum Gasteiger partial charge on any atom is -0.359 e. The maximum Gasteiger partial charge on any atom is 0.157 e. The van der Waals surface area contributed by atoms with Gasteiger partial charge in [0.1, 0.15) is 0 Å². The summed E-state index contributed by atoms with van der Waals surface area (Å²) >= 11 is 1.99. The van der Waals surface area contributed by atoms with Crippen molar-refractivity contribution in [2.45, 2.75) is 63.3 Å². The molecule has 4 fully saturated rings. The summed E-state index contributed by atoms with van der Waals surface area (Å²) in [5.74, 6) is 4.26. The van der Waals surface area contributed by atoms with E-state index in [1.807, 2.05) is 11.8 Å². The molecular weight excluding hydrogens is 252 g/mol. The summed E-state index contributed by atoms with van der Waals surface area (Å²) in [6.45, 7) is 1.10. The molecule has 1 heterocycles. The normalized spacial score (nSPS) is 42.1. The molecule has 106 valence electrons. The first-order valence-corrected chi connectivity index (χ1v) is 9.27. The summed E-state index contributed by atoms with van der Waals surface area (Å²) in [7, 11) is 0. The van der Waals surface area contributed by atoms with Gasteiger partial charge in [-0.15, -0.1) is 0 Å². The largest absolute Gasteiger partial charge is 0.359 e. The van der Waals surface area contributed by atoms with Crippen molar-refractivity contribution in [2.75, 3.05) is 12.3 Å². The van der Waals surface area contributed by atoms with Crippen molar-refractivity contribution in [3.8, 4) is 0 Å². The van der Waals surface area contributed by atoms with Crippen LogP contribution in [0.4, 0.5) is 0 Å². The monoisotopic (exact) mass is 278 g/mol. The molecule has 3 atom stereocenters. The van der Waals surface area contributed by atoms with E-state index in [-0.39, 0.29) is 0 Å². The van der Waals surface area contributed by atoms with Crippen LogP contribution in [0.25, 0.3) is 0 Å². The van der Waals surface area contributed by atoms with Crippen molar-refractivity contribution in [1.29, 1.82) is 0 Å². The van der Waals surface area contributed by atoms with Gasteiger partial charge in [0.2, 0.25) is 0 Å². The lowest BCUT2D eigenvalue weighted by molar-refractivity contribution is 0.303. The van der Waals surface area contributed by atoms with Crippen molar-refractivity contribution in [2.24, 2.45) is 22.7 Å². The number of amidine groups is 1. The number of hydrogen-bond acceptors (Lipinski definition) is 2. The van der Waals surface area contributed by atoms with Gasteiger partial charge in [-0.3, -0.25) is 4.99 Å². The summed E-state index contributed by atoms with van der Waals surface area (Å²) in [6, 6.07) is 0. The van der Waals surface area contributed by atoms with Gasteiger partial charge < -0.3 is 5.32 Å². The van der Waals surface area contributed by atoms with Crippen molar-refractivity contribution < 1.29 is 0 Å². The topological polar surface area (TPSA) is 24.4 Å². The summed E-state index contributed by atoms with van der Waals surface area (Å²) in [4.78, 5) is 4.94. The smallest absolute Gasteiger partial charge is 0.157 e. The molecule has 4 rings (SSSR count). The quantitative estimate of drug-likeness (QED) is 0.830. The zero-order valence-corrected chi connectivity index (χ0v) is 12.7. The third kappa shape index (κ3) is 2.43. The highest BCUT2D eigenvalue weighted by Gasteiger charge is 2.40. The standard InChI is InChI=1S/C16H26N2S/c1-2-6-16(7-3-1)11-19-15(18-16)17-10-14-9-12-4-5-13(14)8-12/h12-14H,1-11H2,(H,17,18). The molecule has 0 aromatic carbocycles. The molecule has 0 aromatic rings. The van der Waals surface area contributed by atoms with Gasteiger partial charge in [-0.05, 0) is 49.9 Å². The molecule has 4 aliphatic rings. The van der Waals surface area contributed by atoms with Gasteiger partial charge in [-0.2, -0.15) is 0 Å². The number of fused-ring (bicyclic) bond motifs is 2. The number of aliphatic imine (C=N–C) groups is 1. The summed E-state index contributed by atoms with van der Waals surface area (Å²) < 4.78 is 0. The zero-order valence-electron chi connectivity index (χ0n) is 11.9. The third-order valence-electron chi connectivity index (χ3n) is 6.02. The number of nitrogens with one attached hydrogen (secondary N) is 1. The van der Waals surface area contributed by atoms with Gasteiger partial charge in [0.05, 0.1) is 0 Å². The molecule has 0 radical (unpaired) electrons. The number of nitrogens with zero attached hydrogens (tertiary/aromatic N) is 1. The second kappa shape index (κ2) is 4.98. The molecule has 3 unspecified atom stereocenters. The van der Waals surface area contributed by atoms with Crippen LogP contribution in [0.5, 0.6) is 0 Å². The van der Waals surface area contributed by atoms with Crippen LogP contribution >= 0.6 is 11.8 Å². The number of rotatable bonds is 2. The Labute approximate surface area is 121 Å². The molecule has 1 spiro atoms. The molecule has 0 amide bonds. The van der Waals surface area contributed by atoms with Crippen molar-refractivity contribution >= 4 is 16.9 Å². The molecule has 0 aromatic heterocycles. The fourth-order valence-corrected chi connectivity index (χ4v) is 6.12. The van der Waals surface area contributed by atoms with E-state index in [9.17, 15) is 0 Å². The second-order valence-electron chi connectivity index (χ2n) is 7.34. The lowest BCUT2D eigenvalue weighted by Gasteiger charge is -2.32. The molecule has 2 nitrogen and oxygen atoms in total. The maximum absolute atomic E-state index is 4.94. The van der Waals surface area contributed by atoms with Crippen LogP contribution in [0.1, 0.15) is 57.8 Å². The van der Waals surface area contributed by atoms with E-state index in [4.69, 9.17) is 4.99 Å². The van der Waals surface area contributed by atoms with Gasteiger partial charge in [-0.25, -0.2) is 0 Å². The molecule has 1 aliphatic heterocycles. The highest BCUT2D eigenvalue weighted by molar-refractivity contribution is 8.14. The Balaban J connectivity index is 1.34. The predicted molar refractivity (Wildman–Crippen MR) is 82.6 cm³/mol. The van der Waals surface area contributed by atoms with E-state index < -0.39 is 0 Å². The highest BCUT2D eigenvalue weighted by atomic mass is 32.2. The summed E-state index contributed by atoms with van der Waals surface area (Å²) in [6.07, 6.45) is 13.0. The van der Waals surface area contributed by atoms with E-state index in [1.54, 1.807) is 0 Å². The van der Waals surface area contributed by atoms with Gasteiger partial charge in [0.15, 0.2) is 5.17 Å². The Morgan fingerprint density at radius 3 is 2.79 bits per heavy atom. The molecule has 1 saturated heterocycles. The highest BCUT2D eigenvalue weighted by Crippen LogP contribution is 2.48. The lowest BCUT2D eigenvalue weighted by atomic mass is 9.83. The Morgan fingerprint density at radius 2 is 2.05 bits per heavy atom. The van der Waals surface area contributed by atoms with Crippen molar-refractivity contribution in [3.63, 3.8) is 0 Å². The van der Waals surface area contributed by atoms with E-state index in [0.717, 1.165) is 24.3 Å². The van der Waals surface area contributed by atoms with E-state index >= 15 is 0 Å². The molecule has 3 heteroatoms. The van der Waals surface area contributed by atoms with Crippen LogP contribution in [0.2, 0.25) is 0 Å².